The van der Waals surface area contributed by atoms with Crippen LogP contribution in [-0.4, -0.2) is 15.9 Å². The molecule has 1 fully saturated rings. The Morgan fingerprint density at radius 2 is 2.44 bits per heavy atom. The van der Waals surface area contributed by atoms with Crippen LogP contribution in [0.25, 0.3) is 0 Å². The fraction of sp³-hybridized carbons (Fsp3) is 0.400. The van der Waals surface area contributed by atoms with E-state index in [0.29, 0.717) is 5.92 Å². The number of hydrogen-bond acceptors (Lipinski definition) is 5. The van der Waals surface area contributed by atoms with Crippen LogP contribution < -0.4 is 5.32 Å². The highest BCUT2D eigenvalue weighted by atomic mass is 16.6. The van der Waals surface area contributed by atoms with E-state index in [1.54, 1.807) is 6.07 Å². The summed E-state index contributed by atoms with van der Waals surface area (Å²) >= 11 is 0. The average molecular weight is 218 g/mol. The summed E-state index contributed by atoms with van der Waals surface area (Å²) in [4.78, 5) is 14.2. The first kappa shape index (κ1) is 10.4. The zero-order chi connectivity index (χ0) is 11.7. The lowest BCUT2D eigenvalue weighted by molar-refractivity contribution is -0.384. The molecule has 16 heavy (non-hydrogen) atoms. The van der Waals surface area contributed by atoms with Crippen molar-refractivity contribution in [3.8, 4) is 6.07 Å². The molecule has 82 valence electrons. The summed E-state index contributed by atoms with van der Waals surface area (Å²) in [6.07, 6.45) is 2.39. The van der Waals surface area contributed by atoms with E-state index in [-0.39, 0.29) is 23.1 Å². The van der Waals surface area contributed by atoms with E-state index in [1.165, 1.54) is 12.3 Å². The predicted octanol–water partition coefficient (Wildman–Crippen LogP) is 1.68. The zero-order valence-electron chi connectivity index (χ0n) is 8.67. The largest absolute Gasteiger partial charge is 0.361 e. The molecule has 1 heterocycles. The summed E-state index contributed by atoms with van der Waals surface area (Å²) in [7, 11) is 0. The molecule has 0 spiro atoms. The Labute approximate surface area is 92.1 Å². The third-order valence-electron chi connectivity index (χ3n) is 2.66. The van der Waals surface area contributed by atoms with Crippen molar-refractivity contribution in [2.45, 2.75) is 19.4 Å². The van der Waals surface area contributed by atoms with Gasteiger partial charge in [-0.3, -0.25) is 10.1 Å². The summed E-state index contributed by atoms with van der Waals surface area (Å²) in [5, 5.41) is 22.6. The maximum Gasteiger partial charge on any atom is 0.328 e. The first-order valence-electron chi connectivity index (χ1n) is 4.93. The topological polar surface area (TPSA) is 91.8 Å². The molecule has 1 aliphatic carbocycles. The summed E-state index contributed by atoms with van der Waals surface area (Å²) in [6, 6.07) is 3.38. The van der Waals surface area contributed by atoms with Crippen molar-refractivity contribution in [1.29, 1.82) is 5.26 Å². The highest BCUT2D eigenvalue weighted by Gasteiger charge is 2.35. The van der Waals surface area contributed by atoms with Crippen LogP contribution in [0, 0.1) is 27.4 Å². The third kappa shape index (κ3) is 1.80. The van der Waals surface area contributed by atoms with Crippen molar-refractivity contribution in [3.05, 3.63) is 27.9 Å². The lowest BCUT2D eigenvalue weighted by Gasteiger charge is -2.05. The summed E-state index contributed by atoms with van der Waals surface area (Å²) in [5.41, 5.74) is -0.195. The predicted molar refractivity (Wildman–Crippen MR) is 56.8 cm³/mol. The lowest BCUT2D eigenvalue weighted by Crippen LogP contribution is -2.08. The van der Waals surface area contributed by atoms with E-state index in [9.17, 15) is 10.1 Å². The molecule has 0 saturated heterocycles. The summed E-state index contributed by atoms with van der Waals surface area (Å²) in [5.74, 6) is 0.700. The highest BCUT2D eigenvalue weighted by molar-refractivity contribution is 5.64. The molecular weight excluding hydrogens is 208 g/mol. The lowest BCUT2D eigenvalue weighted by atomic mass is 10.2. The first-order valence-corrected chi connectivity index (χ1v) is 4.93. The van der Waals surface area contributed by atoms with E-state index in [2.05, 4.69) is 17.2 Å². The van der Waals surface area contributed by atoms with E-state index >= 15 is 0 Å². The van der Waals surface area contributed by atoms with Crippen molar-refractivity contribution in [3.63, 3.8) is 0 Å². The van der Waals surface area contributed by atoms with Crippen LogP contribution in [0.15, 0.2) is 12.3 Å². The number of hydrogen-bond donors (Lipinski definition) is 1. The van der Waals surface area contributed by atoms with E-state index in [4.69, 9.17) is 5.26 Å². The summed E-state index contributed by atoms with van der Waals surface area (Å²) in [6.45, 7) is 2.05. The third-order valence-corrected chi connectivity index (χ3v) is 2.66. The van der Waals surface area contributed by atoms with Gasteiger partial charge in [-0.15, -0.1) is 0 Å². The van der Waals surface area contributed by atoms with Crippen molar-refractivity contribution >= 4 is 11.5 Å². The van der Waals surface area contributed by atoms with Gasteiger partial charge in [0.1, 0.15) is 11.6 Å². The van der Waals surface area contributed by atoms with Crippen LogP contribution in [0.4, 0.5) is 11.5 Å². The zero-order valence-corrected chi connectivity index (χ0v) is 8.67. The number of nitro groups is 1. The van der Waals surface area contributed by atoms with Crippen LogP contribution >= 0.6 is 0 Å². The highest BCUT2D eigenvalue weighted by Crippen LogP contribution is 2.35. The molecule has 0 bridgehead atoms. The Kier molecular flexibility index (Phi) is 2.44. The van der Waals surface area contributed by atoms with Crippen LogP contribution in [0.1, 0.15) is 18.9 Å². The van der Waals surface area contributed by atoms with Crippen molar-refractivity contribution in [2.75, 3.05) is 5.32 Å². The van der Waals surface area contributed by atoms with Gasteiger partial charge in [-0.25, -0.2) is 4.98 Å². The van der Waals surface area contributed by atoms with Gasteiger partial charge in [-0.05, 0) is 18.4 Å². The summed E-state index contributed by atoms with van der Waals surface area (Å²) < 4.78 is 0. The second-order valence-electron chi connectivity index (χ2n) is 3.89. The maximum atomic E-state index is 10.9. The smallest absolute Gasteiger partial charge is 0.328 e. The molecule has 0 radical (unpaired) electrons. The molecule has 1 aromatic heterocycles. The Bertz CT molecular complexity index is 480. The van der Waals surface area contributed by atoms with Crippen LogP contribution in [0.3, 0.4) is 0 Å². The van der Waals surface area contributed by atoms with Crippen molar-refractivity contribution in [1.82, 2.24) is 4.98 Å². The van der Waals surface area contributed by atoms with Gasteiger partial charge >= 0.3 is 5.69 Å². The number of rotatable bonds is 3. The van der Waals surface area contributed by atoms with Gasteiger partial charge in [0.15, 0.2) is 0 Å². The number of nitrogens with zero attached hydrogens (tertiary/aromatic N) is 3. The molecule has 2 rings (SSSR count). The average Bonchev–Trinajstić information content (AvgIpc) is 2.93. The van der Waals surface area contributed by atoms with Crippen LogP contribution in [0.2, 0.25) is 0 Å². The molecule has 6 heteroatoms. The monoisotopic (exact) mass is 218 g/mol. The van der Waals surface area contributed by atoms with Gasteiger partial charge in [0.05, 0.1) is 4.92 Å². The fourth-order valence-electron chi connectivity index (χ4n) is 1.53. The molecule has 2 unspecified atom stereocenters. The van der Waals surface area contributed by atoms with Gasteiger partial charge < -0.3 is 5.32 Å². The molecular formula is C10H10N4O2. The van der Waals surface area contributed by atoms with Gasteiger partial charge in [-0.1, -0.05) is 6.92 Å². The number of nitriles is 1. The molecule has 6 nitrogen and oxygen atoms in total. The van der Waals surface area contributed by atoms with Gasteiger partial charge in [0.2, 0.25) is 5.82 Å². The van der Waals surface area contributed by atoms with E-state index in [0.717, 1.165) is 6.42 Å². The van der Waals surface area contributed by atoms with Gasteiger partial charge in [0.25, 0.3) is 0 Å². The van der Waals surface area contributed by atoms with Crippen LogP contribution in [0.5, 0.6) is 0 Å². The molecule has 0 aliphatic heterocycles. The quantitative estimate of drug-likeness (QED) is 0.615. The molecule has 0 aromatic carbocycles. The number of nitrogens with one attached hydrogen (secondary N) is 1. The van der Waals surface area contributed by atoms with Crippen LogP contribution in [-0.2, 0) is 0 Å². The van der Waals surface area contributed by atoms with Crippen molar-refractivity contribution in [2.24, 2.45) is 5.92 Å². The van der Waals surface area contributed by atoms with E-state index < -0.39 is 4.92 Å². The van der Waals surface area contributed by atoms with Gasteiger partial charge in [0, 0.05) is 12.2 Å². The Morgan fingerprint density at radius 3 is 2.94 bits per heavy atom. The molecule has 1 aromatic rings. The fourth-order valence-corrected chi connectivity index (χ4v) is 1.53. The second kappa shape index (κ2) is 3.77. The number of aromatic nitrogens is 1. The molecule has 1 aliphatic rings. The molecule has 0 amide bonds. The Morgan fingerprint density at radius 1 is 1.75 bits per heavy atom. The molecule has 1 saturated carbocycles. The number of anilines is 1. The minimum atomic E-state index is -0.569. The van der Waals surface area contributed by atoms with Crippen molar-refractivity contribution < 1.29 is 4.92 Å². The standard InChI is InChI=1S/C10H10N4O2/c1-6-4-8(6)13-10-9(14(15)16)7(5-11)2-3-12-10/h2-3,6,8H,4H2,1H3,(H,12,13). The first-order chi connectivity index (χ1) is 7.63. The van der Waals surface area contributed by atoms with Gasteiger partial charge in [-0.2, -0.15) is 5.26 Å². The SMILES string of the molecule is CC1CC1Nc1nccc(C#N)c1[N+](=O)[O-]. The maximum absolute atomic E-state index is 10.9. The molecule has 2 atom stereocenters. The molecule has 1 N–H and O–H groups in total. The minimum absolute atomic E-state index is 0.0378. The Hall–Kier alpha value is -2.16. The normalized spacial score (nSPS) is 22.2. The second-order valence-corrected chi connectivity index (χ2v) is 3.89. The minimum Gasteiger partial charge on any atom is -0.361 e. The number of pyridine rings is 1. The Balaban J connectivity index is 2.36. The van der Waals surface area contributed by atoms with E-state index in [1.807, 2.05) is 0 Å².